The zero-order chi connectivity index (χ0) is 16.4. The molecule has 0 aliphatic heterocycles. The molecule has 0 bridgehead atoms. The van der Waals surface area contributed by atoms with E-state index >= 15 is 0 Å². The van der Waals surface area contributed by atoms with Crippen molar-refractivity contribution < 1.29 is 0 Å². The van der Waals surface area contributed by atoms with Gasteiger partial charge in [0.05, 0.1) is 11.7 Å². The number of nitrogen functional groups attached to an aromatic ring is 1. The molecule has 0 fully saturated rings. The zero-order valence-corrected chi connectivity index (χ0v) is 14.5. The van der Waals surface area contributed by atoms with Gasteiger partial charge in [0.15, 0.2) is 0 Å². The Kier molecular flexibility index (Phi) is 8.13. The highest BCUT2D eigenvalue weighted by Crippen LogP contribution is 2.28. The standard InChI is InChI=1S/C17H32N4O/c1-4-6-8-10-12-17(3,13-11-9-7-5-2)21-16(22)20-15(18)14-19-21/h14H,4-13H2,1-3H3,(H2,18,20,22). The second-order valence-corrected chi connectivity index (χ2v) is 6.49. The van der Waals surface area contributed by atoms with E-state index in [1.165, 1.54) is 44.7 Å². The lowest BCUT2D eigenvalue weighted by Crippen LogP contribution is -2.42. The van der Waals surface area contributed by atoms with Crippen LogP contribution in [0.25, 0.3) is 0 Å². The Bertz CT molecular complexity index is 472. The minimum atomic E-state index is -0.325. The lowest BCUT2D eigenvalue weighted by Gasteiger charge is -2.30. The first-order chi connectivity index (χ1) is 10.5. The molecule has 1 rings (SSSR count). The van der Waals surface area contributed by atoms with Crippen LogP contribution in [0, 0.1) is 0 Å². The SMILES string of the molecule is CCCCCCC(C)(CCCCCC)n1ncc(N)nc1=O. The summed E-state index contributed by atoms with van der Waals surface area (Å²) in [5.41, 5.74) is 4.99. The van der Waals surface area contributed by atoms with Gasteiger partial charge in [0.2, 0.25) is 0 Å². The first kappa shape index (κ1) is 18.7. The van der Waals surface area contributed by atoms with Crippen LogP contribution in [0.2, 0.25) is 0 Å². The minimum absolute atomic E-state index is 0.195. The van der Waals surface area contributed by atoms with Gasteiger partial charge in [0, 0.05) is 0 Å². The number of rotatable bonds is 11. The first-order valence-corrected chi connectivity index (χ1v) is 8.76. The molecule has 0 saturated heterocycles. The Balaban J connectivity index is 2.81. The van der Waals surface area contributed by atoms with Crippen molar-refractivity contribution in [3.05, 3.63) is 16.7 Å². The second kappa shape index (κ2) is 9.59. The van der Waals surface area contributed by atoms with E-state index in [4.69, 9.17) is 5.73 Å². The molecule has 0 atom stereocenters. The molecule has 0 spiro atoms. The van der Waals surface area contributed by atoms with Gasteiger partial charge >= 0.3 is 5.69 Å². The molecular formula is C17H32N4O. The van der Waals surface area contributed by atoms with Crippen molar-refractivity contribution in [1.82, 2.24) is 14.8 Å². The van der Waals surface area contributed by atoms with Crippen molar-refractivity contribution in [2.24, 2.45) is 0 Å². The van der Waals surface area contributed by atoms with Crippen molar-refractivity contribution >= 4 is 5.82 Å². The smallest absolute Gasteiger partial charge is 0.366 e. The molecule has 1 aromatic heterocycles. The fourth-order valence-corrected chi connectivity index (χ4v) is 2.93. The summed E-state index contributed by atoms with van der Waals surface area (Å²) in [7, 11) is 0. The summed E-state index contributed by atoms with van der Waals surface area (Å²) >= 11 is 0. The molecule has 0 aliphatic rings. The van der Waals surface area contributed by atoms with Crippen molar-refractivity contribution in [3.63, 3.8) is 0 Å². The van der Waals surface area contributed by atoms with E-state index in [0.717, 1.165) is 25.7 Å². The third kappa shape index (κ3) is 5.78. The maximum absolute atomic E-state index is 12.2. The van der Waals surface area contributed by atoms with Crippen molar-refractivity contribution in [1.29, 1.82) is 0 Å². The van der Waals surface area contributed by atoms with Crippen LogP contribution >= 0.6 is 0 Å². The normalized spacial score (nSPS) is 11.8. The molecule has 0 saturated carbocycles. The van der Waals surface area contributed by atoms with E-state index < -0.39 is 0 Å². The Morgan fingerprint density at radius 3 is 2.05 bits per heavy atom. The summed E-state index contributed by atoms with van der Waals surface area (Å²) in [5, 5.41) is 4.26. The molecule has 22 heavy (non-hydrogen) atoms. The average molecular weight is 308 g/mol. The maximum Gasteiger partial charge on any atom is 0.366 e. The van der Waals surface area contributed by atoms with E-state index in [1.54, 1.807) is 4.68 Å². The summed E-state index contributed by atoms with van der Waals surface area (Å²) in [4.78, 5) is 16.0. The Hall–Kier alpha value is -1.39. The van der Waals surface area contributed by atoms with Gasteiger partial charge in [-0.15, -0.1) is 0 Å². The van der Waals surface area contributed by atoms with E-state index in [-0.39, 0.29) is 17.0 Å². The highest BCUT2D eigenvalue weighted by atomic mass is 16.1. The van der Waals surface area contributed by atoms with Crippen molar-refractivity contribution in [3.8, 4) is 0 Å². The molecule has 0 unspecified atom stereocenters. The van der Waals surface area contributed by atoms with E-state index in [9.17, 15) is 4.79 Å². The van der Waals surface area contributed by atoms with Crippen LogP contribution in [-0.2, 0) is 5.54 Å². The predicted molar refractivity (Wildman–Crippen MR) is 91.9 cm³/mol. The lowest BCUT2D eigenvalue weighted by atomic mass is 9.88. The van der Waals surface area contributed by atoms with E-state index in [0.29, 0.717) is 0 Å². The molecular weight excluding hydrogens is 276 g/mol. The van der Waals surface area contributed by atoms with Gasteiger partial charge in [-0.3, -0.25) is 0 Å². The van der Waals surface area contributed by atoms with Gasteiger partial charge in [-0.25, -0.2) is 9.48 Å². The van der Waals surface area contributed by atoms with Crippen LogP contribution in [0.5, 0.6) is 0 Å². The molecule has 126 valence electrons. The lowest BCUT2D eigenvalue weighted by molar-refractivity contribution is 0.213. The molecule has 1 heterocycles. The first-order valence-electron chi connectivity index (χ1n) is 8.76. The molecule has 5 heteroatoms. The number of unbranched alkanes of at least 4 members (excludes halogenated alkanes) is 6. The maximum atomic E-state index is 12.2. The Morgan fingerprint density at radius 1 is 1.05 bits per heavy atom. The van der Waals surface area contributed by atoms with Gasteiger partial charge in [-0.05, 0) is 19.8 Å². The van der Waals surface area contributed by atoms with Gasteiger partial charge in [-0.1, -0.05) is 65.2 Å². The molecule has 0 aliphatic carbocycles. The minimum Gasteiger partial charge on any atom is -0.382 e. The number of nitrogens with two attached hydrogens (primary N) is 1. The van der Waals surface area contributed by atoms with Crippen molar-refractivity contribution in [2.45, 2.75) is 90.5 Å². The van der Waals surface area contributed by atoms with E-state index in [1.807, 2.05) is 0 Å². The summed E-state index contributed by atoms with van der Waals surface area (Å²) < 4.78 is 1.56. The summed E-state index contributed by atoms with van der Waals surface area (Å²) in [6.45, 7) is 6.55. The van der Waals surface area contributed by atoms with Crippen LogP contribution in [0.15, 0.2) is 11.0 Å². The Morgan fingerprint density at radius 2 is 1.59 bits per heavy atom. The highest BCUT2D eigenvalue weighted by molar-refractivity contribution is 5.19. The van der Waals surface area contributed by atoms with Gasteiger partial charge < -0.3 is 5.73 Å². The second-order valence-electron chi connectivity index (χ2n) is 6.49. The van der Waals surface area contributed by atoms with Crippen LogP contribution in [-0.4, -0.2) is 14.8 Å². The number of aromatic nitrogens is 3. The summed E-state index contributed by atoms with van der Waals surface area (Å²) in [5.74, 6) is 0.195. The topological polar surface area (TPSA) is 73.8 Å². The fraction of sp³-hybridized carbons (Fsp3) is 0.824. The number of hydrogen-bond donors (Lipinski definition) is 1. The largest absolute Gasteiger partial charge is 0.382 e. The molecule has 5 nitrogen and oxygen atoms in total. The van der Waals surface area contributed by atoms with Crippen LogP contribution in [0.3, 0.4) is 0 Å². The number of anilines is 1. The van der Waals surface area contributed by atoms with Gasteiger partial charge in [-0.2, -0.15) is 10.1 Å². The fourth-order valence-electron chi connectivity index (χ4n) is 2.93. The van der Waals surface area contributed by atoms with Gasteiger partial charge in [0.1, 0.15) is 5.82 Å². The molecule has 1 aromatic rings. The average Bonchev–Trinajstić information content (AvgIpc) is 2.48. The Labute approximate surface area is 134 Å². The predicted octanol–water partition coefficient (Wildman–Crippen LogP) is 3.88. The molecule has 0 aromatic carbocycles. The molecule has 0 amide bonds. The highest BCUT2D eigenvalue weighted by Gasteiger charge is 2.28. The third-order valence-corrected chi connectivity index (χ3v) is 4.36. The monoisotopic (exact) mass is 308 g/mol. The third-order valence-electron chi connectivity index (χ3n) is 4.36. The van der Waals surface area contributed by atoms with E-state index in [2.05, 4.69) is 30.9 Å². The number of nitrogens with zero attached hydrogens (tertiary/aromatic N) is 3. The van der Waals surface area contributed by atoms with Crippen LogP contribution < -0.4 is 11.4 Å². The molecule has 0 radical (unpaired) electrons. The quantitative estimate of drug-likeness (QED) is 0.630. The van der Waals surface area contributed by atoms with Crippen molar-refractivity contribution in [2.75, 3.05) is 5.73 Å². The van der Waals surface area contributed by atoms with Crippen LogP contribution in [0.4, 0.5) is 5.82 Å². The summed E-state index contributed by atoms with van der Waals surface area (Å²) in [6.07, 6.45) is 13.0. The number of hydrogen-bond acceptors (Lipinski definition) is 4. The molecule has 2 N–H and O–H groups in total. The summed E-state index contributed by atoms with van der Waals surface area (Å²) in [6, 6.07) is 0. The van der Waals surface area contributed by atoms with Crippen LogP contribution in [0.1, 0.15) is 85.0 Å². The van der Waals surface area contributed by atoms with Gasteiger partial charge in [0.25, 0.3) is 0 Å². The zero-order valence-electron chi connectivity index (χ0n) is 14.5.